The number of hydrogen-bond acceptors (Lipinski definition) is 5. The number of ether oxygens (including phenoxy) is 1. The third-order valence-corrected chi connectivity index (χ3v) is 5.77. The van der Waals surface area contributed by atoms with Crippen LogP contribution in [0.25, 0.3) is 11.0 Å². The van der Waals surface area contributed by atoms with Gasteiger partial charge in [-0.15, -0.1) is 0 Å². The van der Waals surface area contributed by atoms with Crippen molar-refractivity contribution < 1.29 is 9.53 Å². The molecule has 3 unspecified atom stereocenters. The molecular weight excluding hydrogens is 378 g/mol. The molecule has 2 aliphatic rings. The molecule has 2 N–H and O–H groups in total. The lowest BCUT2D eigenvalue weighted by atomic mass is 9.99. The summed E-state index contributed by atoms with van der Waals surface area (Å²) in [6, 6.07) is 4.54. The van der Waals surface area contributed by atoms with Crippen molar-refractivity contribution in [1.29, 1.82) is 5.41 Å². The Morgan fingerprint density at radius 2 is 2.13 bits per heavy atom. The predicted octanol–water partition coefficient (Wildman–Crippen LogP) is 3.88. The first-order chi connectivity index (χ1) is 14.2. The fourth-order valence-electron chi connectivity index (χ4n) is 3.85. The van der Waals surface area contributed by atoms with E-state index in [2.05, 4.69) is 19.9 Å². The number of carbonyl (C=O) groups excluding carboxylic acids is 1. The molecular formula is C23H31N5O2. The summed E-state index contributed by atoms with van der Waals surface area (Å²) in [4.78, 5) is 20.9. The molecule has 3 atom stereocenters. The predicted molar refractivity (Wildman–Crippen MR) is 119 cm³/mol. The van der Waals surface area contributed by atoms with Gasteiger partial charge in [-0.05, 0) is 58.2 Å². The molecule has 1 amide bonds. The second-order valence-electron chi connectivity index (χ2n) is 9.50. The van der Waals surface area contributed by atoms with Gasteiger partial charge in [-0.25, -0.2) is 4.98 Å². The molecule has 0 bridgehead atoms. The average molecular weight is 410 g/mol. The first-order valence-corrected chi connectivity index (χ1v) is 10.7. The second kappa shape index (κ2) is 7.85. The van der Waals surface area contributed by atoms with E-state index in [4.69, 9.17) is 10.1 Å². The molecule has 4 rings (SSSR count). The summed E-state index contributed by atoms with van der Waals surface area (Å²) in [6.07, 6.45) is 7.83. The number of benzene rings is 1. The van der Waals surface area contributed by atoms with Crippen LogP contribution in [0.15, 0.2) is 23.5 Å². The van der Waals surface area contributed by atoms with E-state index in [9.17, 15) is 4.79 Å². The first kappa shape index (κ1) is 20.6. The number of hydrogen-bond donors (Lipinski definition) is 2. The third-order valence-electron chi connectivity index (χ3n) is 5.77. The molecule has 7 nitrogen and oxygen atoms in total. The van der Waals surface area contributed by atoms with Crippen LogP contribution >= 0.6 is 0 Å². The molecule has 160 valence electrons. The second-order valence-corrected chi connectivity index (χ2v) is 9.50. The lowest BCUT2D eigenvalue weighted by molar-refractivity contribution is -0.119. The summed E-state index contributed by atoms with van der Waals surface area (Å²) in [6.45, 7) is 8.79. The number of carbonyl (C=O) groups is 1. The number of amides is 1. The van der Waals surface area contributed by atoms with Crippen molar-refractivity contribution in [2.24, 2.45) is 10.9 Å². The monoisotopic (exact) mass is 409 g/mol. The summed E-state index contributed by atoms with van der Waals surface area (Å²) >= 11 is 0. The lowest BCUT2D eigenvalue weighted by Gasteiger charge is -2.22. The van der Waals surface area contributed by atoms with Gasteiger partial charge in [-0.1, -0.05) is 0 Å². The van der Waals surface area contributed by atoms with E-state index >= 15 is 0 Å². The number of imidazole rings is 1. The maximum absolute atomic E-state index is 11.6. The van der Waals surface area contributed by atoms with Crippen LogP contribution in [0.1, 0.15) is 64.5 Å². The summed E-state index contributed by atoms with van der Waals surface area (Å²) in [7, 11) is 0. The van der Waals surface area contributed by atoms with Crippen LogP contribution in [0.5, 0.6) is 5.75 Å². The van der Waals surface area contributed by atoms with Crippen molar-refractivity contribution in [3.05, 3.63) is 24.0 Å². The van der Waals surface area contributed by atoms with Gasteiger partial charge in [0.2, 0.25) is 5.91 Å². The summed E-state index contributed by atoms with van der Waals surface area (Å²) in [5, 5.41) is 10.8. The van der Waals surface area contributed by atoms with Crippen LogP contribution in [0.4, 0.5) is 0 Å². The number of fused-ring (bicyclic) bond motifs is 1. The molecule has 1 aliphatic carbocycles. The Kier molecular flexibility index (Phi) is 5.38. The van der Waals surface area contributed by atoms with Crippen molar-refractivity contribution in [3.8, 4) is 5.75 Å². The zero-order valence-electron chi connectivity index (χ0n) is 18.2. The van der Waals surface area contributed by atoms with Crippen LogP contribution in [-0.4, -0.2) is 46.1 Å². The highest BCUT2D eigenvalue weighted by atomic mass is 16.5. The Balaban J connectivity index is 1.71. The molecule has 2 fully saturated rings. The minimum Gasteiger partial charge on any atom is -0.488 e. The maximum Gasteiger partial charge on any atom is 0.220 e. The third kappa shape index (κ3) is 4.40. The van der Waals surface area contributed by atoms with Crippen molar-refractivity contribution >= 4 is 29.4 Å². The van der Waals surface area contributed by atoms with Gasteiger partial charge in [-0.2, -0.15) is 0 Å². The Labute approximate surface area is 177 Å². The smallest absolute Gasteiger partial charge is 0.220 e. The molecule has 7 heteroatoms. The fraction of sp³-hybridized carbons (Fsp3) is 0.565. The zero-order valence-corrected chi connectivity index (χ0v) is 18.2. The standard InChI is InChI=1S/C23H31N5O2/c1-14(16-9-21(29)25-11-16)30-20-8-15(17(10-24)12-27-23(2,3)4)7-19-22(20)28(13-26-19)18-5-6-18/h7-8,10,12-14,16-18,24H,5-6,9,11H2,1-4H3,(H,25,29). The van der Waals surface area contributed by atoms with Gasteiger partial charge in [0.1, 0.15) is 17.4 Å². The van der Waals surface area contributed by atoms with E-state index in [1.165, 1.54) is 6.21 Å². The van der Waals surface area contributed by atoms with Crippen LogP contribution in [0, 0.1) is 11.3 Å². The number of aromatic nitrogens is 2. The summed E-state index contributed by atoms with van der Waals surface area (Å²) < 4.78 is 8.66. The quantitative estimate of drug-likeness (QED) is 0.680. The summed E-state index contributed by atoms with van der Waals surface area (Å²) in [5.74, 6) is 0.760. The van der Waals surface area contributed by atoms with E-state index in [-0.39, 0.29) is 29.4 Å². The highest BCUT2D eigenvalue weighted by Crippen LogP contribution is 2.41. The topological polar surface area (TPSA) is 92.4 Å². The van der Waals surface area contributed by atoms with E-state index in [1.54, 1.807) is 0 Å². The minimum atomic E-state index is -0.243. The van der Waals surface area contributed by atoms with Crippen LogP contribution in [-0.2, 0) is 4.79 Å². The Morgan fingerprint density at radius 1 is 1.37 bits per heavy atom. The van der Waals surface area contributed by atoms with Crippen molar-refractivity contribution in [1.82, 2.24) is 14.9 Å². The average Bonchev–Trinajstić information content (AvgIpc) is 3.28. The SMILES string of the molecule is CC(Oc1cc(C(C=N)C=NC(C)(C)C)cc2ncn(C3CC3)c12)C1CNC(=O)C1. The molecule has 1 saturated carbocycles. The first-order valence-electron chi connectivity index (χ1n) is 10.7. The molecule has 2 heterocycles. The van der Waals surface area contributed by atoms with Crippen LogP contribution < -0.4 is 10.1 Å². The van der Waals surface area contributed by atoms with Gasteiger partial charge in [0.05, 0.1) is 23.3 Å². The van der Waals surface area contributed by atoms with Crippen molar-refractivity contribution in [2.75, 3.05) is 6.54 Å². The number of aliphatic imine (C=N–C) groups is 1. The molecule has 1 aliphatic heterocycles. The normalized spacial score (nSPS) is 21.7. The van der Waals surface area contributed by atoms with E-state index < -0.39 is 0 Å². The maximum atomic E-state index is 11.6. The van der Waals surface area contributed by atoms with Gasteiger partial charge < -0.3 is 20.0 Å². The molecule has 1 saturated heterocycles. The van der Waals surface area contributed by atoms with Crippen LogP contribution in [0.3, 0.4) is 0 Å². The van der Waals surface area contributed by atoms with Gasteiger partial charge in [0.25, 0.3) is 0 Å². The number of rotatable bonds is 7. The highest BCUT2D eigenvalue weighted by Gasteiger charge is 2.31. The molecule has 30 heavy (non-hydrogen) atoms. The van der Waals surface area contributed by atoms with Gasteiger partial charge in [-0.3, -0.25) is 9.79 Å². The van der Waals surface area contributed by atoms with Crippen molar-refractivity contribution in [3.63, 3.8) is 0 Å². The molecule has 1 aromatic carbocycles. The number of nitrogens with zero attached hydrogens (tertiary/aromatic N) is 3. The lowest BCUT2D eigenvalue weighted by Crippen LogP contribution is -2.26. The van der Waals surface area contributed by atoms with E-state index in [0.29, 0.717) is 19.0 Å². The number of nitrogens with one attached hydrogen (secondary N) is 2. The van der Waals surface area contributed by atoms with E-state index in [0.717, 1.165) is 35.2 Å². The Bertz CT molecular complexity index is 983. The van der Waals surface area contributed by atoms with Crippen molar-refractivity contribution in [2.45, 2.75) is 70.6 Å². The largest absolute Gasteiger partial charge is 0.488 e. The van der Waals surface area contributed by atoms with Gasteiger partial charge in [0.15, 0.2) is 0 Å². The van der Waals surface area contributed by atoms with Crippen LogP contribution in [0.2, 0.25) is 0 Å². The van der Waals surface area contributed by atoms with Gasteiger partial charge >= 0.3 is 0 Å². The molecule has 0 radical (unpaired) electrons. The fourth-order valence-corrected chi connectivity index (χ4v) is 3.85. The molecule has 1 aromatic heterocycles. The Morgan fingerprint density at radius 3 is 2.73 bits per heavy atom. The highest BCUT2D eigenvalue weighted by molar-refractivity contribution is 5.92. The molecule has 0 spiro atoms. The van der Waals surface area contributed by atoms with E-state index in [1.807, 2.05) is 52.4 Å². The zero-order chi connectivity index (χ0) is 21.5. The Hall–Kier alpha value is -2.70. The minimum absolute atomic E-state index is 0.0830. The van der Waals surface area contributed by atoms with Gasteiger partial charge in [0, 0.05) is 37.4 Å². The summed E-state index contributed by atoms with van der Waals surface area (Å²) in [5.41, 5.74) is 2.61. The molecule has 2 aromatic rings.